The molecule has 0 saturated carbocycles. The van der Waals surface area contributed by atoms with Gasteiger partial charge in [-0.15, -0.1) is 0 Å². The third-order valence-corrected chi connectivity index (χ3v) is 4.66. The van der Waals surface area contributed by atoms with E-state index >= 15 is 0 Å². The van der Waals surface area contributed by atoms with Crippen LogP contribution in [0.5, 0.6) is 0 Å². The number of piperidine rings is 1. The monoisotopic (exact) mass is 317 g/mol. The summed E-state index contributed by atoms with van der Waals surface area (Å²) in [4.78, 5) is 18.4. The third-order valence-electron chi connectivity index (χ3n) is 3.31. The van der Waals surface area contributed by atoms with Gasteiger partial charge in [0.25, 0.3) is 0 Å². The summed E-state index contributed by atoms with van der Waals surface area (Å²) in [6.45, 7) is 5.42. The highest BCUT2D eigenvalue weighted by Crippen LogP contribution is 2.28. The van der Waals surface area contributed by atoms with Crippen LogP contribution in [-0.4, -0.2) is 48.6 Å². The van der Waals surface area contributed by atoms with Gasteiger partial charge in [-0.25, -0.2) is 9.78 Å². The lowest BCUT2D eigenvalue weighted by atomic mass is 10.1. The smallest absolute Gasteiger partial charge is 0.351 e. The molecule has 1 aliphatic rings. The fraction of sp³-hybridized carbons (Fsp3) is 0.692. The Kier molecular flexibility index (Phi) is 5.63. The molecule has 20 heavy (non-hydrogen) atoms. The molecule has 1 aromatic rings. The predicted molar refractivity (Wildman–Crippen MR) is 81.8 cm³/mol. The minimum absolute atomic E-state index is 0.203. The highest BCUT2D eigenvalue weighted by Gasteiger charge is 2.19. The largest absolute Gasteiger partial charge is 0.465 e. The second-order valence-corrected chi connectivity index (χ2v) is 6.39. The zero-order valence-corrected chi connectivity index (χ0v) is 13.4. The van der Waals surface area contributed by atoms with E-state index in [2.05, 4.69) is 26.9 Å². The molecule has 1 atom stereocenters. The van der Waals surface area contributed by atoms with E-state index in [0.29, 0.717) is 10.0 Å². The van der Waals surface area contributed by atoms with Gasteiger partial charge in [0.15, 0.2) is 15.2 Å². The molecule has 0 aliphatic carbocycles. The number of aromatic nitrogens is 1. The maximum Gasteiger partial charge on any atom is 0.351 e. The van der Waals surface area contributed by atoms with Gasteiger partial charge in [0.05, 0.1) is 7.11 Å². The number of halogens is 1. The number of likely N-dealkylation sites (tertiary alicyclic amines) is 1. The Balaban J connectivity index is 1.90. The average molecular weight is 318 g/mol. The van der Waals surface area contributed by atoms with Gasteiger partial charge in [-0.2, -0.15) is 0 Å². The van der Waals surface area contributed by atoms with E-state index in [1.54, 1.807) is 0 Å². The zero-order valence-electron chi connectivity index (χ0n) is 11.8. The van der Waals surface area contributed by atoms with Crippen molar-refractivity contribution < 1.29 is 9.53 Å². The number of thiazole rings is 1. The number of methoxy groups -OCH3 is 1. The SMILES string of the molecule is COC(=O)c1sc(NC(C)CN2CCCCC2)nc1Cl. The van der Waals surface area contributed by atoms with Gasteiger partial charge >= 0.3 is 5.97 Å². The molecule has 1 saturated heterocycles. The van der Waals surface area contributed by atoms with E-state index in [1.165, 1.54) is 37.7 Å². The molecule has 2 heterocycles. The molecule has 0 aromatic carbocycles. The van der Waals surface area contributed by atoms with Gasteiger partial charge in [0.1, 0.15) is 0 Å². The summed E-state index contributed by atoms with van der Waals surface area (Å²) in [6, 6.07) is 0.265. The molecule has 0 amide bonds. The Morgan fingerprint density at radius 3 is 2.85 bits per heavy atom. The van der Waals surface area contributed by atoms with Crippen LogP contribution in [0.25, 0.3) is 0 Å². The van der Waals surface area contributed by atoms with E-state index in [-0.39, 0.29) is 11.2 Å². The van der Waals surface area contributed by atoms with Gasteiger partial charge in [0.2, 0.25) is 0 Å². The van der Waals surface area contributed by atoms with Gasteiger partial charge in [-0.1, -0.05) is 29.4 Å². The summed E-state index contributed by atoms with van der Waals surface area (Å²) in [7, 11) is 1.34. The molecule has 0 radical (unpaired) electrons. The maximum atomic E-state index is 11.5. The van der Waals surface area contributed by atoms with Crippen molar-refractivity contribution in [3.05, 3.63) is 10.0 Å². The Hall–Kier alpha value is -0.850. The first-order valence-corrected chi connectivity index (χ1v) is 8.03. The van der Waals surface area contributed by atoms with Crippen LogP contribution in [0.3, 0.4) is 0 Å². The minimum Gasteiger partial charge on any atom is -0.465 e. The van der Waals surface area contributed by atoms with Crippen LogP contribution in [-0.2, 0) is 4.74 Å². The molecule has 2 rings (SSSR count). The summed E-state index contributed by atoms with van der Waals surface area (Å²) < 4.78 is 4.67. The van der Waals surface area contributed by atoms with Crippen LogP contribution in [0.1, 0.15) is 35.9 Å². The van der Waals surface area contributed by atoms with E-state index in [1.807, 2.05) is 0 Å². The predicted octanol–water partition coefficient (Wildman–Crippen LogP) is 2.87. The van der Waals surface area contributed by atoms with Crippen LogP contribution in [0, 0.1) is 0 Å². The number of nitrogens with zero attached hydrogens (tertiary/aromatic N) is 2. The van der Waals surface area contributed by atoms with E-state index in [4.69, 9.17) is 11.6 Å². The lowest BCUT2D eigenvalue weighted by molar-refractivity contribution is 0.0606. The molecule has 1 aromatic heterocycles. The third kappa shape index (κ3) is 4.07. The van der Waals surface area contributed by atoms with Crippen LogP contribution >= 0.6 is 22.9 Å². The number of nitrogens with one attached hydrogen (secondary N) is 1. The number of hydrogen-bond acceptors (Lipinski definition) is 6. The first-order chi connectivity index (χ1) is 9.60. The van der Waals surface area contributed by atoms with Crippen molar-refractivity contribution in [2.24, 2.45) is 0 Å². The summed E-state index contributed by atoms with van der Waals surface area (Å²) in [5.41, 5.74) is 0. The molecule has 7 heteroatoms. The van der Waals surface area contributed by atoms with Crippen LogP contribution < -0.4 is 5.32 Å². The summed E-state index contributed by atoms with van der Waals surface area (Å²) in [5.74, 6) is -0.441. The Labute approximate surface area is 128 Å². The van der Waals surface area contributed by atoms with E-state index in [9.17, 15) is 4.79 Å². The number of hydrogen-bond donors (Lipinski definition) is 1. The summed E-state index contributed by atoms with van der Waals surface area (Å²) >= 11 is 7.18. The van der Waals surface area contributed by atoms with Crippen molar-refractivity contribution in [3.63, 3.8) is 0 Å². The van der Waals surface area contributed by atoms with Crippen molar-refractivity contribution in [2.75, 3.05) is 32.1 Å². The van der Waals surface area contributed by atoms with Crippen LogP contribution in [0.4, 0.5) is 5.13 Å². The fourth-order valence-electron chi connectivity index (χ4n) is 2.37. The normalized spacial score (nSPS) is 17.8. The van der Waals surface area contributed by atoms with Crippen LogP contribution in [0.15, 0.2) is 0 Å². The van der Waals surface area contributed by atoms with Crippen molar-refractivity contribution in [1.82, 2.24) is 9.88 Å². The quantitative estimate of drug-likeness (QED) is 0.846. The molecule has 112 valence electrons. The summed E-state index contributed by atoms with van der Waals surface area (Å²) in [5, 5.41) is 4.17. The molecule has 0 bridgehead atoms. The fourth-order valence-corrected chi connectivity index (χ4v) is 3.58. The van der Waals surface area contributed by atoms with Gasteiger partial charge in [0, 0.05) is 12.6 Å². The second kappa shape index (κ2) is 7.24. The van der Waals surface area contributed by atoms with Gasteiger partial charge in [-0.05, 0) is 32.9 Å². The van der Waals surface area contributed by atoms with Crippen LogP contribution in [0.2, 0.25) is 5.15 Å². The Morgan fingerprint density at radius 2 is 2.20 bits per heavy atom. The van der Waals surface area contributed by atoms with Gasteiger partial charge in [-0.3, -0.25) is 0 Å². The molecule has 0 spiro atoms. The standard InChI is InChI=1S/C13H20ClN3O2S/c1-9(8-17-6-4-3-5-7-17)15-13-16-11(14)10(20-13)12(18)19-2/h9H,3-8H2,1-2H3,(H,15,16). The first-order valence-electron chi connectivity index (χ1n) is 6.83. The molecule has 1 unspecified atom stereocenters. The average Bonchev–Trinajstić information content (AvgIpc) is 2.79. The highest BCUT2D eigenvalue weighted by atomic mass is 35.5. The van der Waals surface area contributed by atoms with Crippen molar-refractivity contribution in [2.45, 2.75) is 32.2 Å². The number of anilines is 1. The topological polar surface area (TPSA) is 54.5 Å². The maximum absolute atomic E-state index is 11.5. The Morgan fingerprint density at radius 1 is 1.50 bits per heavy atom. The van der Waals surface area contributed by atoms with E-state index in [0.717, 1.165) is 19.6 Å². The second-order valence-electron chi connectivity index (χ2n) is 5.04. The number of carbonyl (C=O) groups excluding carboxylic acids is 1. The molecule has 1 aliphatic heterocycles. The van der Waals surface area contributed by atoms with E-state index < -0.39 is 5.97 Å². The molecule has 1 N–H and O–H groups in total. The number of esters is 1. The Bertz CT molecular complexity index is 460. The van der Waals surface area contributed by atoms with Gasteiger partial charge < -0.3 is 15.0 Å². The highest BCUT2D eigenvalue weighted by molar-refractivity contribution is 7.18. The molecular weight excluding hydrogens is 298 g/mol. The first kappa shape index (κ1) is 15.5. The molecular formula is C13H20ClN3O2S. The van der Waals surface area contributed by atoms with Crippen molar-refractivity contribution in [3.8, 4) is 0 Å². The lowest BCUT2D eigenvalue weighted by Crippen LogP contribution is -2.38. The zero-order chi connectivity index (χ0) is 14.5. The molecule has 5 nitrogen and oxygen atoms in total. The number of ether oxygens (including phenoxy) is 1. The minimum atomic E-state index is -0.441. The number of rotatable bonds is 5. The number of carbonyl (C=O) groups is 1. The lowest BCUT2D eigenvalue weighted by Gasteiger charge is -2.29. The van der Waals surface area contributed by atoms with Crippen molar-refractivity contribution >= 4 is 34.0 Å². The summed E-state index contributed by atoms with van der Waals surface area (Å²) in [6.07, 6.45) is 3.90. The molecule has 1 fully saturated rings. The van der Waals surface area contributed by atoms with Crippen molar-refractivity contribution in [1.29, 1.82) is 0 Å².